The number of unbranched alkanes of at least 4 members (excludes halogenated alkanes) is 3. The van der Waals surface area contributed by atoms with Gasteiger partial charge < -0.3 is 35.4 Å². The van der Waals surface area contributed by atoms with Gasteiger partial charge in [0.2, 0.25) is 11.8 Å². The lowest BCUT2D eigenvalue weighted by Crippen LogP contribution is -2.46. The van der Waals surface area contributed by atoms with Crippen molar-refractivity contribution < 1.29 is 33.8 Å². The van der Waals surface area contributed by atoms with Crippen molar-refractivity contribution in [2.24, 2.45) is 5.41 Å². The van der Waals surface area contributed by atoms with E-state index in [0.717, 1.165) is 60.4 Å². The number of aromatic nitrogens is 1. The molecule has 1 saturated heterocycles. The minimum atomic E-state index is -0.761. The van der Waals surface area contributed by atoms with Gasteiger partial charge in [0.25, 0.3) is 11.8 Å². The van der Waals surface area contributed by atoms with Crippen LogP contribution in [0.5, 0.6) is 11.5 Å². The minimum absolute atomic E-state index is 0.00241. The van der Waals surface area contributed by atoms with E-state index in [1.165, 1.54) is 33.8 Å². The molecule has 54 heavy (non-hydrogen) atoms. The van der Waals surface area contributed by atoms with E-state index in [9.17, 15) is 24.3 Å². The fourth-order valence-electron chi connectivity index (χ4n) is 6.84. The first-order valence-electron chi connectivity index (χ1n) is 19.1. The van der Waals surface area contributed by atoms with Gasteiger partial charge >= 0.3 is 0 Å². The highest BCUT2D eigenvalue weighted by Gasteiger charge is 2.39. The Morgan fingerprint density at radius 3 is 2.30 bits per heavy atom. The third kappa shape index (κ3) is 12.0. The van der Waals surface area contributed by atoms with Crippen molar-refractivity contribution in [1.82, 2.24) is 25.8 Å². The lowest BCUT2D eigenvalue weighted by molar-refractivity contribution is -0.140. The molecule has 0 saturated carbocycles. The number of carbonyl (C=O) groups excluding carboxylic acids is 4. The first-order chi connectivity index (χ1) is 25.9. The predicted molar refractivity (Wildman–Crippen MR) is 208 cm³/mol. The zero-order chi connectivity index (χ0) is 38.7. The molecule has 1 aliphatic carbocycles. The Labute approximate surface area is 322 Å². The van der Waals surface area contributed by atoms with Gasteiger partial charge in [-0.1, -0.05) is 51.8 Å². The predicted octanol–water partition coefficient (Wildman–Crippen LogP) is 4.87. The molecule has 0 radical (unpaired) electrons. The minimum Gasteiger partial charge on any atom is -0.484 e. The second-order valence-electron chi connectivity index (χ2n) is 15.5. The van der Waals surface area contributed by atoms with E-state index < -0.39 is 12.1 Å². The summed E-state index contributed by atoms with van der Waals surface area (Å²) in [5.74, 6) is 0.304. The van der Waals surface area contributed by atoms with E-state index in [0.29, 0.717) is 24.4 Å². The van der Waals surface area contributed by atoms with Crippen molar-refractivity contribution in [3.63, 3.8) is 0 Å². The number of aliphatic hydroxyl groups excluding tert-OH is 1. The number of aliphatic hydroxyl groups is 1. The molecule has 2 aliphatic rings. The summed E-state index contributed by atoms with van der Waals surface area (Å²) in [4.78, 5) is 58.1. The number of nitrogens with zero attached hydrogens (tertiary/aromatic N) is 2. The zero-order valence-corrected chi connectivity index (χ0v) is 32.8. The fraction of sp³-hybridized carbons (Fsp3) is 0.537. The maximum absolute atomic E-state index is 13.3. The Hall–Kier alpha value is -4.49. The SMILES string of the molecule is Cc1ncsc1-c1ccc(CNC(=O)[C@@H]2CC(O)CN2C(=O)CC(C)(C)C)c(OCC(=O)NCCCCCCNC(=O)COc2ccc3c(c2)CCC3)c1. The number of hydrogen-bond acceptors (Lipinski definition) is 9. The maximum Gasteiger partial charge on any atom is 0.257 e. The molecule has 3 aromatic rings. The second-order valence-corrected chi connectivity index (χ2v) is 16.3. The summed E-state index contributed by atoms with van der Waals surface area (Å²) >= 11 is 1.51. The maximum atomic E-state index is 13.3. The van der Waals surface area contributed by atoms with Crippen molar-refractivity contribution in [3.8, 4) is 21.9 Å². The van der Waals surface area contributed by atoms with Crippen LogP contribution in [0.1, 0.15) is 88.1 Å². The van der Waals surface area contributed by atoms with Gasteiger partial charge in [-0.05, 0) is 79.3 Å². The molecule has 1 aromatic heterocycles. The van der Waals surface area contributed by atoms with Gasteiger partial charge in [0, 0.05) is 44.6 Å². The molecule has 4 N–H and O–H groups in total. The molecule has 292 valence electrons. The van der Waals surface area contributed by atoms with Gasteiger partial charge in [0.1, 0.15) is 17.5 Å². The van der Waals surface area contributed by atoms with Crippen molar-refractivity contribution in [1.29, 1.82) is 0 Å². The summed E-state index contributed by atoms with van der Waals surface area (Å²) in [6.07, 6.45) is 6.50. The Morgan fingerprint density at radius 2 is 1.61 bits per heavy atom. The summed E-state index contributed by atoms with van der Waals surface area (Å²) in [5.41, 5.74) is 6.67. The van der Waals surface area contributed by atoms with Crippen LogP contribution < -0.4 is 25.4 Å². The quantitative estimate of drug-likeness (QED) is 0.134. The summed E-state index contributed by atoms with van der Waals surface area (Å²) in [5, 5.41) is 19.1. The van der Waals surface area contributed by atoms with E-state index in [2.05, 4.69) is 27.0 Å². The first kappa shape index (κ1) is 40.7. The number of carbonyl (C=O) groups is 4. The molecule has 2 heterocycles. The number of fused-ring (bicyclic) bond motifs is 1. The van der Waals surface area contributed by atoms with Crippen LogP contribution in [0.25, 0.3) is 10.4 Å². The fourth-order valence-corrected chi connectivity index (χ4v) is 7.64. The summed E-state index contributed by atoms with van der Waals surface area (Å²) < 4.78 is 11.7. The van der Waals surface area contributed by atoms with Crippen LogP contribution in [0.3, 0.4) is 0 Å². The molecule has 13 heteroatoms. The van der Waals surface area contributed by atoms with E-state index in [4.69, 9.17) is 9.47 Å². The average molecular weight is 762 g/mol. The van der Waals surface area contributed by atoms with Crippen LogP contribution >= 0.6 is 11.3 Å². The molecule has 12 nitrogen and oxygen atoms in total. The molecule has 0 spiro atoms. The number of hydrogen-bond donors (Lipinski definition) is 4. The molecule has 1 aliphatic heterocycles. The summed E-state index contributed by atoms with van der Waals surface area (Å²) in [6, 6.07) is 10.9. The highest BCUT2D eigenvalue weighted by molar-refractivity contribution is 7.13. The van der Waals surface area contributed by atoms with E-state index in [1.54, 1.807) is 5.51 Å². The van der Waals surface area contributed by atoms with Crippen molar-refractivity contribution in [2.75, 3.05) is 32.8 Å². The third-order valence-electron chi connectivity index (χ3n) is 9.66. The average Bonchev–Trinajstić information content (AvgIpc) is 3.88. The lowest BCUT2D eigenvalue weighted by Gasteiger charge is -2.27. The number of amides is 4. The van der Waals surface area contributed by atoms with E-state index in [-0.39, 0.29) is 68.2 Å². The van der Waals surface area contributed by atoms with Crippen LogP contribution in [0.2, 0.25) is 0 Å². The zero-order valence-electron chi connectivity index (χ0n) is 32.0. The monoisotopic (exact) mass is 761 g/mol. The standard InChI is InChI=1S/C41H55N5O7S/c1-27-39(54-26-45-27)30-12-13-31(22-44-40(51)34-20-32(47)23-46(34)38(50)21-41(2,3)4)35(19-30)53-25-37(49)43-17-8-6-5-7-16-42-36(48)24-52-33-15-14-28-10-9-11-29(28)18-33/h12-15,18-19,26,32,34,47H,5-11,16-17,20-25H2,1-4H3,(H,42,48)(H,43,49)(H,44,51)/t32?,34-/m0/s1. The van der Waals surface area contributed by atoms with Gasteiger partial charge in [0.05, 0.1) is 22.2 Å². The highest BCUT2D eigenvalue weighted by atomic mass is 32.1. The van der Waals surface area contributed by atoms with Gasteiger partial charge in [0.15, 0.2) is 13.2 Å². The first-order valence-corrected chi connectivity index (χ1v) is 19.9. The highest BCUT2D eigenvalue weighted by Crippen LogP contribution is 2.32. The topological polar surface area (TPSA) is 159 Å². The van der Waals surface area contributed by atoms with Crippen LogP contribution in [0, 0.1) is 12.3 Å². The molecule has 0 bridgehead atoms. The van der Waals surface area contributed by atoms with Crippen LogP contribution in [0.15, 0.2) is 41.9 Å². The number of nitrogens with one attached hydrogen (secondary N) is 3. The van der Waals surface area contributed by atoms with Crippen molar-refractivity contribution in [2.45, 2.75) is 104 Å². The number of thiazole rings is 1. The summed E-state index contributed by atoms with van der Waals surface area (Å²) in [7, 11) is 0. The Morgan fingerprint density at radius 1 is 0.907 bits per heavy atom. The van der Waals surface area contributed by atoms with E-state index in [1.807, 2.05) is 58.0 Å². The molecular weight excluding hydrogens is 707 g/mol. The molecule has 5 rings (SSSR count). The number of rotatable bonds is 18. The molecule has 2 aromatic carbocycles. The number of ether oxygens (including phenoxy) is 2. The van der Waals surface area contributed by atoms with Gasteiger partial charge in [-0.2, -0.15) is 0 Å². The Kier molecular flexibility index (Phi) is 14.5. The second kappa shape index (κ2) is 19.2. The summed E-state index contributed by atoms with van der Waals surface area (Å²) in [6.45, 7) is 8.95. The third-order valence-corrected chi connectivity index (χ3v) is 10.6. The smallest absolute Gasteiger partial charge is 0.257 e. The molecule has 1 fully saturated rings. The number of aryl methyl sites for hydroxylation is 3. The van der Waals surface area contributed by atoms with Gasteiger partial charge in [-0.25, -0.2) is 4.98 Å². The number of β-amino-alcohol motifs (C(OH)–C–C–N with tert-alkyl or cyclic N) is 1. The van der Waals surface area contributed by atoms with Crippen LogP contribution in [-0.4, -0.2) is 83.6 Å². The molecule has 4 amide bonds. The van der Waals surface area contributed by atoms with Gasteiger partial charge in [-0.3, -0.25) is 19.2 Å². The molecule has 2 atom stereocenters. The van der Waals surface area contributed by atoms with E-state index >= 15 is 0 Å². The Balaban J connectivity index is 1.03. The largest absolute Gasteiger partial charge is 0.484 e. The number of benzene rings is 2. The van der Waals surface area contributed by atoms with Crippen molar-refractivity contribution in [3.05, 3.63) is 64.3 Å². The van der Waals surface area contributed by atoms with Crippen molar-refractivity contribution >= 4 is 35.0 Å². The lowest BCUT2D eigenvalue weighted by atomic mass is 9.91. The number of likely N-dealkylation sites (tertiary alicyclic amines) is 1. The normalized spacial score (nSPS) is 16.5. The van der Waals surface area contributed by atoms with Crippen LogP contribution in [-0.2, 0) is 38.6 Å². The van der Waals surface area contributed by atoms with Gasteiger partial charge in [-0.15, -0.1) is 11.3 Å². The molecular formula is C41H55N5O7S. The molecule has 1 unspecified atom stereocenters. The van der Waals surface area contributed by atoms with Crippen LogP contribution in [0.4, 0.5) is 0 Å². The Bertz CT molecular complexity index is 1770.